The Balaban J connectivity index is 0. The van der Waals surface area contributed by atoms with Crippen molar-refractivity contribution in [2.45, 2.75) is 13.8 Å². The molecule has 0 atom stereocenters. The molecule has 0 spiro atoms. The van der Waals surface area contributed by atoms with Crippen molar-refractivity contribution in [3.63, 3.8) is 0 Å². The summed E-state index contributed by atoms with van der Waals surface area (Å²) in [7, 11) is -3.67. The lowest BCUT2D eigenvalue weighted by molar-refractivity contribution is 0.318. The number of aryl methyl sites for hydroxylation is 1. The molecule has 0 amide bonds. The Morgan fingerprint density at radius 1 is 1.20 bits per heavy atom. The van der Waals surface area contributed by atoms with Crippen LogP contribution in [-0.4, -0.2) is 30.9 Å². The van der Waals surface area contributed by atoms with Crippen molar-refractivity contribution in [2.75, 3.05) is 12.9 Å². The van der Waals surface area contributed by atoms with Crippen LogP contribution in [0.4, 0.5) is 0 Å². The minimum atomic E-state index is -3.67. The summed E-state index contributed by atoms with van der Waals surface area (Å²) in [5.74, 6) is 0. The molecule has 4 nitrogen and oxygen atoms in total. The highest BCUT2D eigenvalue weighted by Crippen LogP contribution is 1.92. The molecule has 1 aromatic carbocycles. The SMILES string of the molecule is CCO.CS(=O)(=O)O.Cc1ccccc1. The van der Waals surface area contributed by atoms with Crippen molar-refractivity contribution in [1.29, 1.82) is 0 Å². The number of rotatable bonds is 0. The predicted octanol–water partition coefficient (Wildman–Crippen LogP) is 1.50. The van der Waals surface area contributed by atoms with Crippen LogP contribution < -0.4 is 0 Å². The van der Waals surface area contributed by atoms with E-state index in [-0.39, 0.29) is 6.61 Å². The van der Waals surface area contributed by atoms with E-state index in [0.29, 0.717) is 6.26 Å². The first-order chi connectivity index (χ1) is 6.81. The Morgan fingerprint density at radius 2 is 1.47 bits per heavy atom. The third-order valence-corrected chi connectivity index (χ3v) is 0.940. The van der Waals surface area contributed by atoms with Gasteiger partial charge in [0.15, 0.2) is 0 Å². The topological polar surface area (TPSA) is 74.6 Å². The lowest BCUT2D eigenvalue weighted by Gasteiger charge is -1.82. The van der Waals surface area contributed by atoms with Gasteiger partial charge < -0.3 is 5.11 Å². The summed E-state index contributed by atoms with van der Waals surface area (Å²) in [5, 5.41) is 7.57. The standard InChI is InChI=1S/C7H8.C2H6O.CH4O3S/c1-7-5-3-2-4-6-7;1-2-3;1-5(2,3)4/h2-6H,1H3;3H,2H2,1H3;1H3,(H,2,3,4). The van der Waals surface area contributed by atoms with Crippen molar-refractivity contribution in [2.24, 2.45) is 0 Å². The lowest BCUT2D eigenvalue weighted by atomic mass is 10.2. The molecule has 0 fully saturated rings. The third kappa shape index (κ3) is 32.0. The van der Waals surface area contributed by atoms with Crippen LogP contribution in [0.1, 0.15) is 12.5 Å². The highest BCUT2D eigenvalue weighted by molar-refractivity contribution is 7.85. The summed E-state index contributed by atoms with van der Waals surface area (Å²) in [4.78, 5) is 0. The smallest absolute Gasteiger partial charge is 0.261 e. The number of hydrogen-bond acceptors (Lipinski definition) is 3. The molecule has 0 unspecified atom stereocenters. The van der Waals surface area contributed by atoms with Crippen LogP contribution in [-0.2, 0) is 10.1 Å². The van der Waals surface area contributed by atoms with E-state index in [0.717, 1.165) is 0 Å². The maximum atomic E-state index is 9.19. The van der Waals surface area contributed by atoms with Crippen molar-refractivity contribution >= 4 is 10.1 Å². The third-order valence-electron chi connectivity index (χ3n) is 0.940. The van der Waals surface area contributed by atoms with Crippen LogP contribution in [0.15, 0.2) is 30.3 Å². The normalized spacial score (nSPS) is 9.13. The lowest BCUT2D eigenvalue weighted by Crippen LogP contribution is -1.88. The average Bonchev–Trinajstić information content (AvgIpc) is 2.03. The second kappa shape index (κ2) is 9.64. The summed E-state index contributed by atoms with van der Waals surface area (Å²) in [5.41, 5.74) is 1.32. The highest BCUT2D eigenvalue weighted by Gasteiger charge is 1.81. The summed E-state index contributed by atoms with van der Waals surface area (Å²) in [6.45, 7) is 4.01. The largest absolute Gasteiger partial charge is 0.397 e. The Bertz CT molecular complexity index is 311. The Hall–Kier alpha value is -0.910. The van der Waals surface area contributed by atoms with Gasteiger partial charge in [-0.2, -0.15) is 8.42 Å². The van der Waals surface area contributed by atoms with Gasteiger partial charge in [-0.1, -0.05) is 35.9 Å². The predicted molar refractivity (Wildman–Crippen MR) is 61.4 cm³/mol. The minimum Gasteiger partial charge on any atom is -0.397 e. The van der Waals surface area contributed by atoms with Crippen LogP contribution in [0.3, 0.4) is 0 Å². The van der Waals surface area contributed by atoms with Crippen LogP contribution in [0, 0.1) is 6.92 Å². The quantitative estimate of drug-likeness (QED) is 0.667. The van der Waals surface area contributed by atoms with Crippen LogP contribution in [0.5, 0.6) is 0 Å². The molecule has 0 aliphatic rings. The Labute approximate surface area is 91.3 Å². The highest BCUT2D eigenvalue weighted by atomic mass is 32.2. The molecule has 0 heterocycles. The summed E-state index contributed by atoms with van der Waals surface area (Å²) in [6.07, 6.45) is 0.715. The zero-order chi connectivity index (χ0) is 12.3. The zero-order valence-electron chi connectivity index (χ0n) is 9.21. The van der Waals surface area contributed by atoms with E-state index in [1.807, 2.05) is 18.2 Å². The molecule has 0 aromatic heterocycles. The fourth-order valence-corrected chi connectivity index (χ4v) is 0.534. The van der Waals surface area contributed by atoms with Gasteiger partial charge in [0.2, 0.25) is 0 Å². The van der Waals surface area contributed by atoms with Crippen LogP contribution >= 0.6 is 0 Å². The molecule has 15 heavy (non-hydrogen) atoms. The van der Waals surface area contributed by atoms with E-state index in [4.69, 9.17) is 9.66 Å². The van der Waals surface area contributed by atoms with Gasteiger partial charge in [0.05, 0.1) is 6.26 Å². The maximum absolute atomic E-state index is 9.19. The van der Waals surface area contributed by atoms with E-state index >= 15 is 0 Å². The monoisotopic (exact) mass is 234 g/mol. The number of aliphatic hydroxyl groups is 1. The van der Waals surface area contributed by atoms with Gasteiger partial charge in [0, 0.05) is 6.61 Å². The number of benzene rings is 1. The fraction of sp³-hybridized carbons (Fsp3) is 0.400. The molecule has 1 rings (SSSR count). The molecule has 1 aromatic rings. The first kappa shape index (κ1) is 16.5. The molecule has 0 saturated heterocycles. The van der Waals surface area contributed by atoms with Crippen molar-refractivity contribution in [1.82, 2.24) is 0 Å². The molecular formula is C10H18O4S. The number of hydrogen-bond donors (Lipinski definition) is 2. The van der Waals surface area contributed by atoms with Gasteiger partial charge in [-0.3, -0.25) is 4.55 Å². The molecule has 0 aliphatic heterocycles. The summed E-state index contributed by atoms with van der Waals surface area (Å²) >= 11 is 0. The average molecular weight is 234 g/mol. The van der Waals surface area contributed by atoms with E-state index in [1.165, 1.54) is 5.56 Å². The first-order valence-corrected chi connectivity index (χ1v) is 6.21. The van der Waals surface area contributed by atoms with Gasteiger partial charge in [-0.25, -0.2) is 0 Å². The summed E-state index contributed by atoms with van der Waals surface area (Å²) in [6, 6.07) is 10.3. The van der Waals surface area contributed by atoms with Gasteiger partial charge in [0.1, 0.15) is 0 Å². The maximum Gasteiger partial charge on any atom is 0.261 e. The fourth-order valence-electron chi connectivity index (χ4n) is 0.534. The van der Waals surface area contributed by atoms with Gasteiger partial charge in [-0.15, -0.1) is 0 Å². The number of aliphatic hydroxyl groups excluding tert-OH is 1. The second-order valence-electron chi connectivity index (χ2n) is 2.70. The van der Waals surface area contributed by atoms with E-state index in [9.17, 15) is 8.42 Å². The van der Waals surface area contributed by atoms with E-state index in [2.05, 4.69) is 19.1 Å². The van der Waals surface area contributed by atoms with Gasteiger partial charge in [-0.05, 0) is 13.8 Å². The summed E-state index contributed by atoms with van der Waals surface area (Å²) < 4.78 is 25.9. The van der Waals surface area contributed by atoms with E-state index < -0.39 is 10.1 Å². The van der Waals surface area contributed by atoms with Crippen molar-refractivity contribution in [3.8, 4) is 0 Å². The molecule has 0 saturated carbocycles. The minimum absolute atomic E-state index is 0.250. The van der Waals surface area contributed by atoms with Crippen LogP contribution in [0.25, 0.3) is 0 Å². The van der Waals surface area contributed by atoms with Crippen molar-refractivity contribution < 1.29 is 18.1 Å². The zero-order valence-corrected chi connectivity index (χ0v) is 10.0. The molecule has 5 heteroatoms. The first-order valence-electron chi connectivity index (χ1n) is 4.36. The molecule has 88 valence electrons. The Morgan fingerprint density at radius 3 is 1.60 bits per heavy atom. The van der Waals surface area contributed by atoms with E-state index in [1.54, 1.807) is 6.92 Å². The van der Waals surface area contributed by atoms with Crippen molar-refractivity contribution in [3.05, 3.63) is 35.9 Å². The van der Waals surface area contributed by atoms with Crippen LogP contribution in [0.2, 0.25) is 0 Å². The second-order valence-corrected chi connectivity index (χ2v) is 4.17. The van der Waals surface area contributed by atoms with Gasteiger partial charge >= 0.3 is 0 Å². The molecule has 0 aliphatic carbocycles. The molecule has 2 N–H and O–H groups in total. The Kier molecular flexibility index (Phi) is 10.6. The molecular weight excluding hydrogens is 216 g/mol. The van der Waals surface area contributed by atoms with Gasteiger partial charge in [0.25, 0.3) is 10.1 Å². The molecule has 0 bridgehead atoms. The molecule has 0 radical (unpaired) electrons.